The molecule has 0 unspecified atom stereocenters. The molecule has 0 saturated carbocycles. The Balaban J connectivity index is 1.87. The van der Waals surface area contributed by atoms with Crippen LogP contribution in [0, 0.1) is 6.92 Å². The molecule has 0 fully saturated rings. The fraction of sp³-hybridized carbons (Fsp3) is 0.208. The van der Waals surface area contributed by atoms with E-state index in [2.05, 4.69) is 12.2 Å². The molecule has 1 amide bonds. The molecule has 0 spiro atoms. The molecule has 0 aliphatic carbocycles. The van der Waals surface area contributed by atoms with Crippen molar-refractivity contribution in [1.82, 2.24) is 0 Å². The second-order valence-corrected chi connectivity index (χ2v) is 9.12. The van der Waals surface area contributed by atoms with E-state index in [4.69, 9.17) is 4.74 Å². The number of amides is 1. The summed E-state index contributed by atoms with van der Waals surface area (Å²) >= 11 is 0. The number of benzene rings is 3. The van der Waals surface area contributed by atoms with Crippen LogP contribution < -0.4 is 14.4 Å². The molecule has 0 bridgehead atoms. The van der Waals surface area contributed by atoms with Gasteiger partial charge in [0.05, 0.1) is 17.7 Å². The topological polar surface area (TPSA) is 75.7 Å². The lowest BCUT2D eigenvalue weighted by Crippen LogP contribution is -2.27. The van der Waals surface area contributed by atoms with E-state index in [1.54, 1.807) is 37.3 Å². The van der Waals surface area contributed by atoms with Gasteiger partial charge in [-0.2, -0.15) is 0 Å². The third-order valence-electron chi connectivity index (χ3n) is 5.15. The van der Waals surface area contributed by atoms with Crippen LogP contribution in [-0.2, 0) is 16.4 Å². The first-order chi connectivity index (χ1) is 14.8. The number of rotatable bonds is 7. The molecule has 31 heavy (non-hydrogen) atoms. The van der Waals surface area contributed by atoms with E-state index >= 15 is 0 Å². The summed E-state index contributed by atoms with van der Waals surface area (Å²) in [6.07, 6.45) is 0.921. The Kier molecular flexibility index (Phi) is 6.65. The second-order valence-electron chi connectivity index (χ2n) is 7.15. The molecule has 0 radical (unpaired) electrons. The quantitative estimate of drug-likeness (QED) is 0.583. The fourth-order valence-electron chi connectivity index (χ4n) is 3.15. The zero-order valence-electron chi connectivity index (χ0n) is 18.0. The van der Waals surface area contributed by atoms with Crippen LogP contribution in [0.25, 0.3) is 0 Å². The number of carbonyl (C=O) groups excluding carboxylic acids is 1. The first-order valence-corrected chi connectivity index (χ1v) is 11.3. The first kappa shape index (κ1) is 22.4. The highest BCUT2D eigenvalue weighted by Gasteiger charge is 2.23. The van der Waals surface area contributed by atoms with Crippen molar-refractivity contribution in [3.63, 3.8) is 0 Å². The molecule has 6 nitrogen and oxygen atoms in total. The van der Waals surface area contributed by atoms with Crippen LogP contribution in [0.4, 0.5) is 11.4 Å². The predicted octanol–water partition coefficient (Wildman–Crippen LogP) is 4.64. The van der Waals surface area contributed by atoms with Crippen molar-refractivity contribution in [3.8, 4) is 5.75 Å². The second kappa shape index (κ2) is 9.22. The van der Waals surface area contributed by atoms with Gasteiger partial charge in [0, 0.05) is 18.3 Å². The molecule has 3 aromatic carbocycles. The molecule has 3 aromatic rings. The molecule has 0 aliphatic heterocycles. The van der Waals surface area contributed by atoms with Crippen LogP contribution >= 0.6 is 0 Å². The smallest absolute Gasteiger partial charge is 0.264 e. The number of nitrogens with one attached hydrogen (secondary N) is 1. The molecule has 7 heteroatoms. The molecular formula is C24H26N2O4S. The molecule has 162 valence electrons. The van der Waals surface area contributed by atoms with Crippen LogP contribution in [0.15, 0.2) is 71.6 Å². The average Bonchev–Trinajstić information content (AvgIpc) is 2.79. The van der Waals surface area contributed by atoms with Crippen LogP contribution in [-0.4, -0.2) is 28.5 Å². The monoisotopic (exact) mass is 438 g/mol. The van der Waals surface area contributed by atoms with Gasteiger partial charge in [-0.3, -0.25) is 9.10 Å². The van der Waals surface area contributed by atoms with Gasteiger partial charge in [0.25, 0.3) is 15.9 Å². The van der Waals surface area contributed by atoms with E-state index in [9.17, 15) is 13.2 Å². The number of anilines is 2. The molecule has 0 aliphatic rings. The van der Waals surface area contributed by atoms with E-state index in [1.807, 2.05) is 24.3 Å². The van der Waals surface area contributed by atoms with E-state index in [1.165, 1.54) is 36.2 Å². The number of nitrogens with zero attached hydrogens (tertiary/aromatic N) is 1. The summed E-state index contributed by atoms with van der Waals surface area (Å²) in [5, 5.41) is 2.86. The summed E-state index contributed by atoms with van der Waals surface area (Å²) in [4.78, 5) is 12.9. The molecule has 0 aromatic heterocycles. The van der Waals surface area contributed by atoms with Crippen LogP contribution in [0.2, 0.25) is 0 Å². The maximum absolute atomic E-state index is 13.1. The molecular weight excluding hydrogens is 412 g/mol. The Morgan fingerprint density at radius 2 is 1.65 bits per heavy atom. The van der Waals surface area contributed by atoms with Gasteiger partial charge < -0.3 is 10.1 Å². The third-order valence-corrected chi connectivity index (χ3v) is 6.93. The van der Waals surface area contributed by atoms with Crippen LogP contribution in [0.5, 0.6) is 5.75 Å². The van der Waals surface area contributed by atoms with Gasteiger partial charge in [0.2, 0.25) is 0 Å². The van der Waals surface area contributed by atoms with Gasteiger partial charge in [-0.15, -0.1) is 0 Å². The Morgan fingerprint density at radius 3 is 2.23 bits per heavy atom. The van der Waals surface area contributed by atoms with E-state index in [0.29, 0.717) is 22.7 Å². The summed E-state index contributed by atoms with van der Waals surface area (Å²) in [5.74, 6) is 0.268. The lowest BCUT2D eigenvalue weighted by atomic mass is 10.1. The number of hydrogen-bond donors (Lipinski definition) is 1. The molecule has 3 rings (SSSR count). The minimum atomic E-state index is -3.80. The van der Waals surface area contributed by atoms with Gasteiger partial charge in [0.15, 0.2) is 0 Å². The largest absolute Gasteiger partial charge is 0.497 e. The molecule has 0 heterocycles. The van der Waals surface area contributed by atoms with Crippen molar-refractivity contribution in [3.05, 3.63) is 83.4 Å². The lowest BCUT2D eigenvalue weighted by molar-refractivity contribution is 0.102. The summed E-state index contributed by atoms with van der Waals surface area (Å²) in [5.41, 5.74) is 3.41. The highest BCUT2D eigenvalue weighted by molar-refractivity contribution is 7.92. The molecule has 0 atom stereocenters. The van der Waals surface area contributed by atoms with E-state index in [-0.39, 0.29) is 10.8 Å². The number of aryl methyl sites for hydroxylation is 2. The highest BCUT2D eigenvalue weighted by atomic mass is 32.2. The third kappa shape index (κ3) is 4.88. The zero-order chi connectivity index (χ0) is 22.6. The number of carbonyl (C=O) groups is 1. The van der Waals surface area contributed by atoms with E-state index < -0.39 is 10.0 Å². The van der Waals surface area contributed by atoms with Crippen molar-refractivity contribution in [1.29, 1.82) is 0 Å². The van der Waals surface area contributed by atoms with Crippen molar-refractivity contribution in [2.45, 2.75) is 25.2 Å². The maximum atomic E-state index is 13.1. The van der Waals surface area contributed by atoms with Crippen molar-refractivity contribution in [2.24, 2.45) is 0 Å². The molecule has 1 N–H and O–H groups in total. The standard InChI is InChI=1S/C24H26N2O4S/c1-5-18-7-10-20(11-8-18)25-24(27)19-9-6-17(2)23(16-19)26(3)31(28,29)22-14-12-21(30-4)13-15-22/h6-16H,5H2,1-4H3,(H,25,27). The zero-order valence-corrected chi connectivity index (χ0v) is 18.9. The lowest BCUT2D eigenvalue weighted by Gasteiger charge is -2.22. The Labute approximate surface area is 183 Å². The Hall–Kier alpha value is -3.32. The Morgan fingerprint density at radius 1 is 1.00 bits per heavy atom. The summed E-state index contributed by atoms with van der Waals surface area (Å²) in [6.45, 7) is 3.87. The summed E-state index contributed by atoms with van der Waals surface area (Å²) in [6, 6.07) is 18.8. The average molecular weight is 439 g/mol. The molecule has 0 saturated heterocycles. The number of ether oxygens (including phenoxy) is 1. The van der Waals surface area contributed by atoms with Gasteiger partial charge in [-0.1, -0.05) is 25.1 Å². The first-order valence-electron chi connectivity index (χ1n) is 9.90. The van der Waals surface area contributed by atoms with Crippen molar-refractivity contribution < 1.29 is 17.9 Å². The summed E-state index contributed by atoms with van der Waals surface area (Å²) < 4.78 is 32.5. The van der Waals surface area contributed by atoms with Gasteiger partial charge in [-0.05, 0) is 73.0 Å². The van der Waals surface area contributed by atoms with Crippen molar-refractivity contribution in [2.75, 3.05) is 23.8 Å². The van der Waals surface area contributed by atoms with Crippen LogP contribution in [0.1, 0.15) is 28.4 Å². The SMILES string of the molecule is CCc1ccc(NC(=O)c2ccc(C)c(N(C)S(=O)(=O)c3ccc(OC)cc3)c2)cc1. The minimum absolute atomic E-state index is 0.140. The number of sulfonamides is 1. The van der Waals surface area contributed by atoms with E-state index in [0.717, 1.165) is 12.0 Å². The Bertz CT molecular complexity index is 1170. The minimum Gasteiger partial charge on any atom is -0.497 e. The van der Waals surface area contributed by atoms with Gasteiger partial charge in [-0.25, -0.2) is 8.42 Å². The highest BCUT2D eigenvalue weighted by Crippen LogP contribution is 2.28. The fourth-order valence-corrected chi connectivity index (χ4v) is 4.40. The number of methoxy groups -OCH3 is 1. The number of hydrogen-bond acceptors (Lipinski definition) is 4. The van der Waals surface area contributed by atoms with Crippen molar-refractivity contribution >= 4 is 27.3 Å². The summed E-state index contributed by atoms with van der Waals surface area (Å²) in [7, 11) is -0.802. The van der Waals surface area contributed by atoms with Crippen LogP contribution in [0.3, 0.4) is 0 Å². The predicted molar refractivity (Wildman–Crippen MR) is 124 cm³/mol. The van der Waals surface area contributed by atoms with Gasteiger partial charge >= 0.3 is 0 Å². The normalized spacial score (nSPS) is 11.1. The maximum Gasteiger partial charge on any atom is 0.264 e. The van der Waals surface area contributed by atoms with Gasteiger partial charge in [0.1, 0.15) is 5.75 Å².